The van der Waals surface area contributed by atoms with Crippen LogP contribution >= 0.6 is 0 Å². The molecule has 0 radical (unpaired) electrons. The minimum Gasteiger partial charge on any atom is -0.505 e. The van der Waals surface area contributed by atoms with Gasteiger partial charge in [-0.15, -0.1) is 0 Å². The highest BCUT2D eigenvalue weighted by atomic mass is 16.5. The lowest BCUT2D eigenvalue weighted by atomic mass is 10.1. The topological polar surface area (TPSA) is 125 Å². The normalized spacial score (nSPS) is 11.7. The first-order valence-electron chi connectivity index (χ1n) is 19.2. The van der Waals surface area contributed by atoms with Gasteiger partial charge >= 0.3 is 17.9 Å². The smallest absolute Gasteiger partial charge is 0.332 e. The molecule has 4 rings (SSSR count). The summed E-state index contributed by atoms with van der Waals surface area (Å²) >= 11 is 0. The molecule has 0 amide bonds. The van der Waals surface area contributed by atoms with Crippen LogP contribution in [0.1, 0.15) is 58.1 Å². The molecule has 0 heterocycles. The number of hydrogen-bond donors (Lipinski definition) is 0. The van der Waals surface area contributed by atoms with E-state index in [1.807, 2.05) is 68.5 Å². The number of hydrogen-bond acceptors (Lipinski definition) is 11. The fraction of sp³-hybridized carbons (Fsp3) is 0.392. The summed E-state index contributed by atoms with van der Waals surface area (Å²) in [6.45, 7) is 31.8. The molecule has 1 fully saturated rings. The Labute approximate surface area is 377 Å². The molecule has 2 aromatic carbocycles. The van der Waals surface area contributed by atoms with Crippen LogP contribution in [-0.4, -0.2) is 95.6 Å². The molecule has 0 N–H and O–H groups in total. The Bertz CT molecular complexity index is 1370. The largest absolute Gasteiger partial charge is 0.505 e. The molecule has 0 spiro atoms. The summed E-state index contributed by atoms with van der Waals surface area (Å²) in [5.41, 5.74) is 4.38. The van der Waals surface area contributed by atoms with E-state index in [1.54, 1.807) is 63.6 Å². The van der Waals surface area contributed by atoms with E-state index < -0.39 is 5.97 Å². The zero-order chi connectivity index (χ0) is 49.6. The summed E-state index contributed by atoms with van der Waals surface area (Å²) < 4.78 is 34.3. The van der Waals surface area contributed by atoms with Gasteiger partial charge in [-0.25, -0.2) is 14.4 Å². The number of carbonyl (C=O) groups excluding carboxylic acids is 3. The first kappa shape index (κ1) is 70.8. The lowest BCUT2D eigenvalue weighted by Crippen LogP contribution is -1.98. The fourth-order valence-corrected chi connectivity index (χ4v) is 3.58. The Morgan fingerprint density at radius 1 is 0.597 bits per heavy atom. The molecule has 1 saturated carbocycles. The van der Waals surface area contributed by atoms with Crippen molar-refractivity contribution in [3.05, 3.63) is 160 Å². The van der Waals surface area contributed by atoms with Crippen LogP contribution in [0.2, 0.25) is 0 Å². The number of allylic oxidation sites excluding steroid dienone is 3. The van der Waals surface area contributed by atoms with Gasteiger partial charge in [0.15, 0.2) is 0 Å². The fourth-order valence-electron chi connectivity index (χ4n) is 3.58. The van der Waals surface area contributed by atoms with Gasteiger partial charge in [0.2, 0.25) is 0 Å². The first-order chi connectivity index (χ1) is 29.4. The number of carbonyl (C=O) groups is 3. The van der Waals surface area contributed by atoms with Gasteiger partial charge in [-0.1, -0.05) is 131 Å². The third-order valence-corrected chi connectivity index (χ3v) is 6.36. The number of ether oxygens (including phenoxy) is 8. The number of esters is 3. The zero-order valence-electron chi connectivity index (χ0n) is 40.7. The molecule has 0 aromatic heterocycles. The van der Waals surface area contributed by atoms with Crippen LogP contribution in [0, 0.1) is 11.8 Å². The number of methoxy groups -OCH3 is 7. The van der Waals surface area contributed by atoms with Crippen LogP contribution < -0.4 is 0 Å². The van der Waals surface area contributed by atoms with Crippen molar-refractivity contribution in [1.82, 2.24) is 0 Å². The Balaban J connectivity index is -0.000000109. The van der Waals surface area contributed by atoms with E-state index >= 15 is 0 Å². The summed E-state index contributed by atoms with van der Waals surface area (Å²) in [7, 11) is 15.3. The van der Waals surface area contributed by atoms with Crippen molar-refractivity contribution in [2.75, 3.05) is 77.7 Å². The maximum atomic E-state index is 10.2. The van der Waals surface area contributed by atoms with E-state index in [0.29, 0.717) is 11.1 Å². The molecule has 2 bridgehead atoms. The molecule has 11 heteroatoms. The standard InChI is InChI=1S/C9H10.C8H8.C7H10.2C5H8O2.C4H6O2.C4H8O.C3H6O.3C2H6O/c1-8(2)9-6-4-3-5-7-9;1-2-8-6-4-3-5-7-8;1-2-7-4-3-6(1)5-7;2*1-4(2)5(6)7-3;1-3-4(5)6-2;1-3-5-4-2;1-3-4-2;3*1-3-2/h3-7H,1H2,2H3;2-7H,1H2;1-2,6-7H,3-5H2;2*1H2,2-3H3;3H,1H2,2H3;3H,1,4H2,2H3;3H,1H2,2H3;3*1-2H3. The number of rotatable bonds is 8. The van der Waals surface area contributed by atoms with Crippen molar-refractivity contribution in [2.45, 2.75) is 47.0 Å². The highest BCUT2D eigenvalue weighted by Crippen LogP contribution is 2.38. The molecule has 2 unspecified atom stereocenters. The SMILES string of the molecule is C1=CC2CCC1C2.C=C(C)C(=O)OC.C=C(C)C(=O)OC.C=C(C)c1ccccc1.C=CC(=O)OC.C=COC.C=COCC.C=Cc1ccccc1.COC.COC.COC. The molecule has 0 saturated heterocycles. The highest BCUT2D eigenvalue weighted by molar-refractivity contribution is 5.87. The van der Waals surface area contributed by atoms with Crippen LogP contribution in [0.25, 0.3) is 11.6 Å². The van der Waals surface area contributed by atoms with E-state index in [-0.39, 0.29) is 11.9 Å². The van der Waals surface area contributed by atoms with Crippen molar-refractivity contribution in [2.24, 2.45) is 11.8 Å². The minimum absolute atomic E-state index is 0.347. The monoisotopic (exact) mass is 871 g/mol. The number of fused-ring (bicyclic) bond motifs is 2. The van der Waals surface area contributed by atoms with Gasteiger partial charge in [0.25, 0.3) is 0 Å². The molecule has 2 aliphatic rings. The highest BCUT2D eigenvalue weighted by Gasteiger charge is 2.25. The summed E-state index contributed by atoms with van der Waals surface area (Å²) in [4.78, 5) is 30.2. The molecule has 0 aliphatic heterocycles. The van der Waals surface area contributed by atoms with Crippen molar-refractivity contribution >= 4 is 29.6 Å². The summed E-state index contributed by atoms with van der Waals surface area (Å²) in [5.74, 6) is 0.894. The van der Waals surface area contributed by atoms with Gasteiger partial charge in [-0.2, -0.15) is 0 Å². The van der Waals surface area contributed by atoms with Crippen LogP contribution in [0.4, 0.5) is 0 Å². The van der Waals surface area contributed by atoms with Crippen molar-refractivity contribution in [3.8, 4) is 0 Å². The molecule has 2 atom stereocenters. The van der Waals surface area contributed by atoms with Crippen LogP contribution in [0.5, 0.6) is 0 Å². The summed E-state index contributed by atoms with van der Waals surface area (Å²) in [6, 6.07) is 20.2. The third kappa shape index (κ3) is 63.4. The predicted molar refractivity (Wildman–Crippen MR) is 261 cm³/mol. The Hall–Kier alpha value is -5.75. The first-order valence-corrected chi connectivity index (χ1v) is 19.2. The third-order valence-electron chi connectivity index (χ3n) is 6.36. The second kappa shape index (κ2) is 59.6. The van der Waals surface area contributed by atoms with Crippen molar-refractivity contribution in [3.63, 3.8) is 0 Å². The van der Waals surface area contributed by atoms with Gasteiger partial charge in [0, 0.05) is 59.9 Å². The van der Waals surface area contributed by atoms with E-state index in [9.17, 15) is 14.4 Å². The molecular formula is C51H82O11. The Morgan fingerprint density at radius 2 is 0.952 bits per heavy atom. The average molecular weight is 871 g/mol. The minimum atomic E-state index is -0.394. The number of benzene rings is 2. The summed E-state index contributed by atoms with van der Waals surface area (Å²) in [6.07, 6.45) is 14.9. The molecule has 352 valence electrons. The van der Waals surface area contributed by atoms with Gasteiger partial charge in [0.05, 0.1) is 47.6 Å². The maximum Gasteiger partial charge on any atom is 0.332 e. The summed E-state index contributed by atoms with van der Waals surface area (Å²) in [5, 5.41) is 0. The Kier molecular flexibility index (Phi) is 68.0. The lowest BCUT2D eigenvalue weighted by Gasteiger charge is -1.96. The van der Waals surface area contributed by atoms with Gasteiger partial charge < -0.3 is 37.9 Å². The van der Waals surface area contributed by atoms with E-state index in [0.717, 1.165) is 30.1 Å². The van der Waals surface area contributed by atoms with Gasteiger partial charge in [0.1, 0.15) is 0 Å². The molecule has 62 heavy (non-hydrogen) atoms. The quantitative estimate of drug-likeness (QED) is 0.0827. The van der Waals surface area contributed by atoms with Gasteiger partial charge in [-0.05, 0) is 69.9 Å². The van der Waals surface area contributed by atoms with E-state index in [1.165, 1.54) is 64.2 Å². The molecule has 2 aliphatic carbocycles. The average Bonchev–Trinajstić information content (AvgIpc) is 3.96. The van der Waals surface area contributed by atoms with Crippen LogP contribution in [0.3, 0.4) is 0 Å². The van der Waals surface area contributed by atoms with Crippen LogP contribution in [0.15, 0.2) is 149 Å². The van der Waals surface area contributed by atoms with E-state index in [2.05, 4.69) is 108 Å². The van der Waals surface area contributed by atoms with Crippen LogP contribution in [-0.2, 0) is 52.3 Å². The van der Waals surface area contributed by atoms with Gasteiger partial charge in [-0.3, -0.25) is 0 Å². The molecule has 2 aromatic rings. The lowest BCUT2D eigenvalue weighted by molar-refractivity contribution is -0.136. The second-order valence-corrected chi connectivity index (χ2v) is 12.0. The maximum absolute atomic E-state index is 10.2. The second-order valence-electron chi connectivity index (χ2n) is 12.0. The van der Waals surface area contributed by atoms with Crippen molar-refractivity contribution < 1.29 is 52.3 Å². The Morgan fingerprint density at radius 3 is 1.05 bits per heavy atom. The molecule has 11 nitrogen and oxygen atoms in total. The van der Waals surface area contributed by atoms with E-state index in [4.69, 9.17) is 0 Å². The molecular weight excluding hydrogens is 789 g/mol. The van der Waals surface area contributed by atoms with Crippen molar-refractivity contribution in [1.29, 1.82) is 0 Å². The zero-order valence-corrected chi connectivity index (χ0v) is 40.7. The predicted octanol–water partition coefficient (Wildman–Crippen LogP) is 11.6.